The van der Waals surface area contributed by atoms with E-state index in [2.05, 4.69) is 5.32 Å². The molecule has 0 saturated heterocycles. The molecule has 6 nitrogen and oxygen atoms in total. The highest BCUT2D eigenvalue weighted by Crippen LogP contribution is 2.15. The summed E-state index contributed by atoms with van der Waals surface area (Å²) in [6.07, 6.45) is 3.57. The van der Waals surface area contributed by atoms with Crippen molar-refractivity contribution in [2.24, 2.45) is 0 Å². The minimum absolute atomic E-state index is 0.220. The lowest BCUT2D eigenvalue weighted by Gasteiger charge is -2.35. The predicted molar refractivity (Wildman–Crippen MR) is 96.9 cm³/mol. The van der Waals surface area contributed by atoms with E-state index in [9.17, 15) is 18.8 Å². The first-order chi connectivity index (χ1) is 12.1. The average molecular weight is 364 g/mol. The summed E-state index contributed by atoms with van der Waals surface area (Å²) in [4.78, 5) is 37.4. The highest BCUT2D eigenvalue weighted by Gasteiger charge is 2.29. The summed E-state index contributed by atoms with van der Waals surface area (Å²) in [5.41, 5.74) is -0.225. The molecule has 0 spiro atoms. The number of hydrogen-bond acceptors (Lipinski definition) is 4. The monoisotopic (exact) mass is 364 g/mol. The molecule has 1 aromatic carbocycles. The van der Waals surface area contributed by atoms with Crippen molar-refractivity contribution in [2.75, 3.05) is 18.5 Å². The largest absolute Gasteiger partial charge is 0.452 e. The second-order valence-corrected chi connectivity index (χ2v) is 6.62. The van der Waals surface area contributed by atoms with Gasteiger partial charge in [-0.15, -0.1) is 0 Å². The van der Waals surface area contributed by atoms with Crippen LogP contribution in [0.1, 0.15) is 34.1 Å². The van der Waals surface area contributed by atoms with E-state index < -0.39 is 35.7 Å². The molecule has 0 heterocycles. The van der Waals surface area contributed by atoms with Crippen LogP contribution < -0.4 is 5.32 Å². The number of anilines is 1. The predicted octanol–water partition coefficient (Wildman–Crippen LogP) is 2.90. The first-order valence-electron chi connectivity index (χ1n) is 8.32. The van der Waals surface area contributed by atoms with Crippen LogP contribution in [0.4, 0.5) is 10.1 Å². The lowest BCUT2D eigenvalue weighted by atomic mass is 10.1. The Balaban J connectivity index is 2.69. The van der Waals surface area contributed by atoms with Gasteiger partial charge in [0.05, 0.1) is 0 Å². The number of halogens is 1. The van der Waals surface area contributed by atoms with Crippen LogP contribution in [-0.4, -0.2) is 41.4 Å². The number of benzene rings is 1. The summed E-state index contributed by atoms with van der Waals surface area (Å²) >= 11 is 0. The van der Waals surface area contributed by atoms with Crippen molar-refractivity contribution in [3.05, 3.63) is 42.2 Å². The minimum atomic E-state index is -0.650. The average Bonchev–Trinajstić information content (AvgIpc) is 2.56. The zero-order valence-corrected chi connectivity index (χ0v) is 15.5. The van der Waals surface area contributed by atoms with Gasteiger partial charge in [0.15, 0.2) is 6.61 Å². The molecule has 0 fully saturated rings. The first-order valence-corrected chi connectivity index (χ1v) is 8.32. The number of allylic oxidation sites excluding steroid dienone is 1. The van der Waals surface area contributed by atoms with Gasteiger partial charge in [-0.05, 0) is 51.5 Å². The third-order valence-corrected chi connectivity index (χ3v) is 3.37. The van der Waals surface area contributed by atoms with Crippen molar-refractivity contribution < 1.29 is 23.5 Å². The van der Waals surface area contributed by atoms with Crippen LogP contribution in [0.3, 0.4) is 0 Å². The van der Waals surface area contributed by atoms with Crippen LogP contribution in [-0.2, 0) is 19.1 Å². The van der Waals surface area contributed by atoms with E-state index in [0.29, 0.717) is 12.1 Å². The smallest absolute Gasteiger partial charge is 0.330 e. The van der Waals surface area contributed by atoms with Gasteiger partial charge in [-0.1, -0.05) is 13.0 Å². The molecular weight excluding hydrogens is 339 g/mol. The van der Waals surface area contributed by atoms with Crippen molar-refractivity contribution in [1.82, 2.24) is 4.90 Å². The molecule has 0 unspecified atom stereocenters. The number of ether oxygens (including phenoxy) is 1. The van der Waals surface area contributed by atoms with E-state index in [4.69, 9.17) is 4.74 Å². The van der Waals surface area contributed by atoms with Gasteiger partial charge in [-0.2, -0.15) is 0 Å². The number of carbonyl (C=O) groups is 3. The summed E-state index contributed by atoms with van der Waals surface area (Å²) in [5.74, 6) is -1.93. The topological polar surface area (TPSA) is 75.7 Å². The number of rotatable bonds is 7. The number of nitrogens with one attached hydrogen (secondary N) is 1. The molecule has 0 atom stereocenters. The molecule has 0 aromatic heterocycles. The van der Waals surface area contributed by atoms with Crippen molar-refractivity contribution in [3.63, 3.8) is 0 Å². The Bertz CT molecular complexity index is 663. The van der Waals surface area contributed by atoms with E-state index in [0.717, 1.165) is 0 Å². The van der Waals surface area contributed by atoms with E-state index >= 15 is 0 Å². The Labute approximate surface area is 153 Å². The van der Waals surface area contributed by atoms with Gasteiger partial charge in [-0.25, -0.2) is 9.18 Å². The van der Waals surface area contributed by atoms with Gasteiger partial charge in [0, 0.05) is 17.3 Å². The summed E-state index contributed by atoms with van der Waals surface area (Å²) in [6, 6.07) is 5.31. The fourth-order valence-electron chi connectivity index (χ4n) is 2.05. The first kappa shape index (κ1) is 21.3. The van der Waals surface area contributed by atoms with Crippen LogP contribution in [0.2, 0.25) is 0 Å². The van der Waals surface area contributed by atoms with Gasteiger partial charge in [-0.3, -0.25) is 9.59 Å². The zero-order chi connectivity index (χ0) is 19.7. The number of carbonyl (C=O) groups excluding carboxylic acids is 3. The SMILES string of the molecule is CC/C=C/C(=O)OCC(=O)N(CC(=O)Nc1ccc(F)cc1)C(C)(C)C. The van der Waals surface area contributed by atoms with Gasteiger partial charge in [0.2, 0.25) is 5.91 Å². The van der Waals surface area contributed by atoms with Crippen molar-refractivity contribution in [3.8, 4) is 0 Å². The maximum atomic E-state index is 12.9. The molecule has 0 aliphatic carbocycles. The fraction of sp³-hybridized carbons (Fsp3) is 0.421. The second kappa shape index (κ2) is 9.70. The Morgan fingerprint density at radius 2 is 1.81 bits per heavy atom. The van der Waals surface area contributed by atoms with Crippen molar-refractivity contribution >= 4 is 23.5 Å². The number of amides is 2. The normalized spacial score (nSPS) is 11.3. The molecular formula is C19H25FN2O4. The molecule has 1 aromatic rings. The van der Waals surface area contributed by atoms with Crippen LogP contribution in [0.15, 0.2) is 36.4 Å². The molecule has 26 heavy (non-hydrogen) atoms. The van der Waals surface area contributed by atoms with E-state index in [1.165, 1.54) is 35.2 Å². The number of esters is 1. The Morgan fingerprint density at radius 1 is 1.19 bits per heavy atom. The maximum Gasteiger partial charge on any atom is 0.330 e. The summed E-state index contributed by atoms with van der Waals surface area (Å²) in [7, 11) is 0. The molecule has 7 heteroatoms. The molecule has 0 saturated carbocycles. The summed E-state index contributed by atoms with van der Waals surface area (Å²) in [6.45, 7) is 6.52. The lowest BCUT2D eigenvalue weighted by molar-refractivity contribution is -0.151. The molecule has 2 amide bonds. The van der Waals surface area contributed by atoms with Gasteiger partial charge in [0.25, 0.3) is 5.91 Å². The van der Waals surface area contributed by atoms with Crippen molar-refractivity contribution in [1.29, 1.82) is 0 Å². The fourth-order valence-corrected chi connectivity index (χ4v) is 2.05. The molecule has 1 rings (SSSR count). The second-order valence-electron chi connectivity index (χ2n) is 6.62. The maximum absolute atomic E-state index is 12.9. The lowest BCUT2D eigenvalue weighted by Crippen LogP contribution is -2.50. The van der Waals surface area contributed by atoms with E-state index in [-0.39, 0.29) is 6.54 Å². The van der Waals surface area contributed by atoms with Crippen molar-refractivity contribution in [2.45, 2.75) is 39.7 Å². The minimum Gasteiger partial charge on any atom is -0.452 e. The summed E-state index contributed by atoms with van der Waals surface area (Å²) in [5, 5.41) is 2.60. The highest BCUT2D eigenvalue weighted by atomic mass is 19.1. The molecule has 0 radical (unpaired) electrons. The summed E-state index contributed by atoms with van der Waals surface area (Å²) < 4.78 is 17.8. The highest BCUT2D eigenvalue weighted by molar-refractivity contribution is 5.95. The van der Waals surface area contributed by atoms with Crippen LogP contribution in [0.5, 0.6) is 0 Å². The Kier molecular flexibility index (Phi) is 7.96. The third kappa shape index (κ3) is 7.46. The van der Waals surface area contributed by atoms with Gasteiger partial charge in [0.1, 0.15) is 12.4 Å². The number of hydrogen-bond donors (Lipinski definition) is 1. The molecule has 0 aliphatic heterocycles. The van der Waals surface area contributed by atoms with Crippen LogP contribution in [0, 0.1) is 5.82 Å². The quantitative estimate of drug-likeness (QED) is 0.596. The third-order valence-electron chi connectivity index (χ3n) is 3.37. The van der Waals surface area contributed by atoms with Gasteiger partial charge < -0.3 is 15.0 Å². The van der Waals surface area contributed by atoms with Gasteiger partial charge >= 0.3 is 5.97 Å². The van der Waals surface area contributed by atoms with E-state index in [1.54, 1.807) is 26.8 Å². The van der Waals surface area contributed by atoms with E-state index in [1.807, 2.05) is 6.92 Å². The molecule has 142 valence electrons. The zero-order valence-electron chi connectivity index (χ0n) is 15.5. The molecule has 0 aliphatic rings. The van der Waals surface area contributed by atoms with Crippen LogP contribution >= 0.6 is 0 Å². The molecule has 0 bridgehead atoms. The standard InChI is InChI=1S/C19H25FN2O4/c1-5-6-7-18(25)26-13-17(24)22(19(2,3)4)12-16(23)21-15-10-8-14(20)9-11-15/h6-11H,5,12-13H2,1-4H3,(H,21,23)/b7-6+. The molecule has 1 N–H and O–H groups in total. The Morgan fingerprint density at radius 3 is 2.35 bits per heavy atom. The van der Waals surface area contributed by atoms with Crippen LogP contribution in [0.25, 0.3) is 0 Å². The number of nitrogens with zero attached hydrogens (tertiary/aromatic N) is 1. The Hall–Kier alpha value is -2.70.